The number of para-hydroxylation sites is 1. The SMILES string of the molecule is CNCCc1c(C)c2cccc3c2n1CCC3. The number of nitrogens with zero attached hydrogens (tertiary/aromatic N) is 1. The van der Waals surface area contributed by atoms with E-state index in [1.54, 1.807) is 0 Å². The molecule has 0 radical (unpaired) electrons. The molecule has 2 heterocycles. The van der Waals surface area contributed by atoms with Crippen molar-refractivity contribution in [2.75, 3.05) is 13.6 Å². The molecule has 1 aliphatic heterocycles. The standard InChI is InChI=1S/C15H20N2/c1-11-13-7-3-5-12-6-4-10-17(15(12)13)14(11)8-9-16-2/h3,5,7,16H,4,6,8-10H2,1-2H3. The molecule has 2 aromatic rings. The Labute approximate surface area is 103 Å². The van der Waals surface area contributed by atoms with Gasteiger partial charge in [0.25, 0.3) is 0 Å². The molecule has 0 spiro atoms. The Morgan fingerprint density at radius 3 is 3.06 bits per heavy atom. The minimum absolute atomic E-state index is 1.06. The molecule has 1 aliphatic rings. The average molecular weight is 228 g/mol. The zero-order valence-corrected chi connectivity index (χ0v) is 10.7. The highest BCUT2D eigenvalue weighted by Crippen LogP contribution is 2.32. The molecular weight excluding hydrogens is 208 g/mol. The molecule has 1 aromatic carbocycles. The molecule has 0 atom stereocenters. The highest BCUT2D eigenvalue weighted by Gasteiger charge is 2.18. The van der Waals surface area contributed by atoms with Crippen LogP contribution in [0.15, 0.2) is 18.2 Å². The van der Waals surface area contributed by atoms with Crippen molar-refractivity contribution < 1.29 is 0 Å². The van der Waals surface area contributed by atoms with Crippen LogP contribution in [0.2, 0.25) is 0 Å². The Morgan fingerprint density at radius 1 is 1.35 bits per heavy atom. The quantitative estimate of drug-likeness (QED) is 0.854. The van der Waals surface area contributed by atoms with Crippen molar-refractivity contribution in [3.8, 4) is 0 Å². The van der Waals surface area contributed by atoms with Crippen LogP contribution in [0.3, 0.4) is 0 Å². The van der Waals surface area contributed by atoms with Gasteiger partial charge in [0.05, 0.1) is 5.52 Å². The van der Waals surface area contributed by atoms with Crippen LogP contribution in [0.1, 0.15) is 23.2 Å². The van der Waals surface area contributed by atoms with E-state index in [0.29, 0.717) is 0 Å². The van der Waals surface area contributed by atoms with Crippen molar-refractivity contribution in [2.45, 2.75) is 32.7 Å². The van der Waals surface area contributed by atoms with E-state index in [0.717, 1.165) is 13.0 Å². The molecule has 1 N–H and O–H groups in total. The molecule has 0 unspecified atom stereocenters. The van der Waals surface area contributed by atoms with Crippen molar-refractivity contribution in [2.24, 2.45) is 0 Å². The van der Waals surface area contributed by atoms with Gasteiger partial charge in [-0.25, -0.2) is 0 Å². The number of hydrogen-bond acceptors (Lipinski definition) is 1. The predicted molar refractivity (Wildman–Crippen MR) is 72.6 cm³/mol. The molecule has 0 fully saturated rings. The lowest BCUT2D eigenvalue weighted by Crippen LogP contribution is -2.16. The number of rotatable bonds is 3. The average Bonchev–Trinajstić information content (AvgIpc) is 2.64. The fraction of sp³-hybridized carbons (Fsp3) is 0.467. The lowest BCUT2D eigenvalue weighted by atomic mass is 10.0. The summed E-state index contributed by atoms with van der Waals surface area (Å²) in [6, 6.07) is 6.78. The number of likely N-dealkylation sites (N-methyl/N-ethyl adjacent to an activating group) is 1. The predicted octanol–water partition coefficient (Wildman–Crippen LogP) is 2.66. The van der Waals surface area contributed by atoms with Gasteiger partial charge in [-0.2, -0.15) is 0 Å². The van der Waals surface area contributed by atoms with E-state index in [-0.39, 0.29) is 0 Å². The summed E-state index contributed by atoms with van der Waals surface area (Å²) >= 11 is 0. The van der Waals surface area contributed by atoms with Gasteiger partial charge in [0.1, 0.15) is 0 Å². The summed E-state index contributed by atoms with van der Waals surface area (Å²) in [5.41, 5.74) is 6.05. The van der Waals surface area contributed by atoms with E-state index < -0.39 is 0 Å². The molecular formula is C15H20N2. The third kappa shape index (κ3) is 1.59. The van der Waals surface area contributed by atoms with Gasteiger partial charge in [-0.3, -0.25) is 0 Å². The molecule has 3 rings (SSSR count). The van der Waals surface area contributed by atoms with E-state index in [2.05, 4.69) is 35.0 Å². The molecule has 90 valence electrons. The van der Waals surface area contributed by atoms with Gasteiger partial charge in [-0.15, -0.1) is 0 Å². The van der Waals surface area contributed by atoms with Crippen molar-refractivity contribution in [1.29, 1.82) is 0 Å². The second-order valence-electron chi connectivity index (χ2n) is 4.99. The van der Waals surface area contributed by atoms with Gasteiger partial charge < -0.3 is 9.88 Å². The third-order valence-corrected chi connectivity index (χ3v) is 3.99. The minimum Gasteiger partial charge on any atom is -0.344 e. The second-order valence-corrected chi connectivity index (χ2v) is 4.99. The van der Waals surface area contributed by atoms with Crippen molar-refractivity contribution in [3.05, 3.63) is 35.0 Å². The van der Waals surface area contributed by atoms with Gasteiger partial charge >= 0.3 is 0 Å². The zero-order chi connectivity index (χ0) is 11.8. The number of hydrogen-bond donors (Lipinski definition) is 1. The monoisotopic (exact) mass is 228 g/mol. The molecule has 17 heavy (non-hydrogen) atoms. The Hall–Kier alpha value is -1.28. The lowest BCUT2D eigenvalue weighted by Gasteiger charge is -2.18. The molecule has 0 saturated heterocycles. The molecule has 0 amide bonds. The summed E-state index contributed by atoms with van der Waals surface area (Å²) in [4.78, 5) is 0. The smallest absolute Gasteiger partial charge is 0.0517 e. The summed E-state index contributed by atoms with van der Waals surface area (Å²) < 4.78 is 2.56. The Morgan fingerprint density at radius 2 is 2.24 bits per heavy atom. The number of aromatic nitrogens is 1. The Bertz CT molecular complexity index is 552. The van der Waals surface area contributed by atoms with Crippen LogP contribution >= 0.6 is 0 Å². The van der Waals surface area contributed by atoms with E-state index >= 15 is 0 Å². The number of benzene rings is 1. The van der Waals surface area contributed by atoms with E-state index in [4.69, 9.17) is 0 Å². The Kier molecular flexibility index (Phi) is 2.67. The van der Waals surface area contributed by atoms with Gasteiger partial charge in [0, 0.05) is 30.6 Å². The number of aryl methyl sites for hydroxylation is 3. The summed E-state index contributed by atoms with van der Waals surface area (Å²) in [6.07, 6.45) is 3.66. The summed E-state index contributed by atoms with van der Waals surface area (Å²) in [5, 5.41) is 4.72. The topological polar surface area (TPSA) is 17.0 Å². The lowest BCUT2D eigenvalue weighted by molar-refractivity contribution is 0.602. The molecule has 2 nitrogen and oxygen atoms in total. The fourth-order valence-electron chi connectivity index (χ4n) is 3.15. The fourth-order valence-corrected chi connectivity index (χ4v) is 3.15. The van der Waals surface area contributed by atoms with Crippen LogP contribution in [0.5, 0.6) is 0 Å². The second kappa shape index (κ2) is 4.19. The number of nitrogens with one attached hydrogen (secondary N) is 1. The van der Waals surface area contributed by atoms with Crippen LogP contribution in [-0.2, 0) is 19.4 Å². The first-order valence-electron chi connectivity index (χ1n) is 6.57. The van der Waals surface area contributed by atoms with Crippen LogP contribution in [-0.4, -0.2) is 18.2 Å². The highest BCUT2D eigenvalue weighted by atomic mass is 15.0. The molecule has 1 aromatic heterocycles. The van der Waals surface area contributed by atoms with Crippen molar-refractivity contribution >= 4 is 10.9 Å². The van der Waals surface area contributed by atoms with E-state index in [9.17, 15) is 0 Å². The molecule has 2 heteroatoms. The Balaban J connectivity index is 2.22. The van der Waals surface area contributed by atoms with Crippen LogP contribution in [0.4, 0.5) is 0 Å². The van der Waals surface area contributed by atoms with Crippen molar-refractivity contribution in [1.82, 2.24) is 9.88 Å². The summed E-state index contributed by atoms with van der Waals surface area (Å²) in [6.45, 7) is 4.53. The maximum Gasteiger partial charge on any atom is 0.0517 e. The summed E-state index contributed by atoms with van der Waals surface area (Å²) in [7, 11) is 2.03. The maximum absolute atomic E-state index is 3.26. The van der Waals surface area contributed by atoms with Crippen LogP contribution < -0.4 is 5.32 Å². The third-order valence-electron chi connectivity index (χ3n) is 3.99. The maximum atomic E-state index is 3.26. The first-order chi connectivity index (χ1) is 8.33. The highest BCUT2D eigenvalue weighted by molar-refractivity contribution is 5.88. The van der Waals surface area contributed by atoms with Crippen LogP contribution in [0, 0.1) is 6.92 Å². The first-order valence-corrected chi connectivity index (χ1v) is 6.57. The zero-order valence-electron chi connectivity index (χ0n) is 10.7. The van der Waals surface area contributed by atoms with Gasteiger partial charge in [0.2, 0.25) is 0 Å². The van der Waals surface area contributed by atoms with Gasteiger partial charge in [-0.05, 0) is 37.9 Å². The van der Waals surface area contributed by atoms with Crippen molar-refractivity contribution in [3.63, 3.8) is 0 Å². The molecule has 0 aliphatic carbocycles. The van der Waals surface area contributed by atoms with Gasteiger partial charge in [0.15, 0.2) is 0 Å². The largest absolute Gasteiger partial charge is 0.344 e. The normalized spacial score (nSPS) is 14.5. The van der Waals surface area contributed by atoms with Crippen LogP contribution in [0.25, 0.3) is 10.9 Å². The minimum atomic E-state index is 1.06. The summed E-state index contributed by atoms with van der Waals surface area (Å²) in [5.74, 6) is 0. The van der Waals surface area contributed by atoms with E-state index in [1.807, 2.05) is 7.05 Å². The molecule has 0 bridgehead atoms. The van der Waals surface area contributed by atoms with E-state index in [1.165, 1.54) is 47.1 Å². The molecule has 0 saturated carbocycles. The van der Waals surface area contributed by atoms with Gasteiger partial charge in [-0.1, -0.05) is 18.2 Å². The first kappa shape index (κ1) is 10.8.